The molecule has 150 valence electrons. The van der Waals surface area contributed by atoms with Gasteiger partial charge in [-0.1, -0.05) is 30.3 Å². The minimum atomic E-state index is -1.19. The first-order valence-corrected chi connectivity index (χ1v) is 8.52. The third kappa shape index (κ3) is 8.91. The van der Waals surface area contributed by atoms with Crippen LogP contribution in [0.1, 0.15) is 26.3 Å². The molecule has 0 fully saturated rings. The number of carbonyl (C=O) groups is 3. The van der Waals surface area contributed by atoms with Gasteiger partial charge in [0.2, 0.25) is 5.91 Å². The van der Waals surface area contributed by atoms with E-state index in [-0.39, 0.29) is 19.6 Å². The molecule has 0 saturated carbocycles. The number of aliphatic hydroxyl groups is 1. The van der Waals surface area contributed by atoms with Gasteiger partial charge in [-0.25, -0.2) is 9.59 Å². The molecule has 0 bridgehead atoms. The lowest BCUT2D eigenvalue weighted by atomic mass is 10.2. The largest absolute Gasteiger partial charge is 0.465 e. The lowest BCUT2D eigenvalue weighted by molar-refractivity contribution is -0.124. The van der Waals surface area contributed by atoms with Gasteiger partial charge in [0.05, 0.1) is 6.61 Å². The molecule has 0 saturated heterocycles. The van der Waals surface area contributed by atoms with Crippen molar-refractivity contribution in [2.24, 2.45) is 0 Å². The van der Waals surface area contributed by atoms with Crippen LogP contribution in [0.25, 0.3) is 0 Å². The monoisotopic (exact) mass is 381 g/mol. The second-order valence-electron chi connectivity index (χ2n) is 6.86. The number of nitrogens with one attached hydrogen (secondary N) is 2. The van der Waals surface area contributed by atoms with Gasteiger partial charge in [-0.05, 0) is 26.3 Å². The normalized spacial score (nSPS) is 12.0. The molecule has 1 atom stereocenters. The van der Waals surface area contributed by atoms with Crippen LogP contribution in [0.3, 0.4) is 0 Å². The molecular weight excluding hydrogens is 354 g/mol. The average molecular weight is 381 g/mol. The molecule has 1 rings (SSSR count). The molecule has 0 heterocycles. The van der Waals surface area contributed by atoms with Crippen LogP contribution in [0.5, 0.6) is 0 Å². The minimum Gasteiger partial charge on any atom is -0.465 e. The van der Waals surface area contributed by atoms with Gasteiger partial charge in [0.1, 0.15) is 11.6 Å². The predicted molar refractivity (Wildman–Crippen MR) is 98.1 cm³/mol. The molecule has 0 aliphatic rings. The molecule has 9 nitrogen and oxygen atoms in total. The summed E-state index contributed by atoms with van der Waals surface area (Å²) in [5.74, 6) is -0.631. The Morgan fingerprint density at radius 2 is 1.81 bits per heavy atom. The summed E-state index contributed by atoms with van der Waals surface area (Å²) >= 11 is 0. The van der Waals surface area contributed by atoms with Crippen molar-refractivity contribution in [3.8, 4) is 0 Å². The van der Waals surface area contributed by atoms with E-state index in [0.29, 0.717) is 0 Å². The van der Waals surface area contributed by atoms with E-state index in [1.807, 2.05) is 18.2 Å². The first kappa shape index (κ1) is 22.2. The smallest absolute Gasteiger partial charge is 0.408 e. The number of benzene rings is 1. The maximum atomic E-state index is 12.1. The molecule has 9 heteroatoms. The van der Waals surface area contributed by atoms with Gasteiger partial charge in [-0.3, -0.25) is 4.79 Å². The Hall–Kier alpha value is -2.81. The van der Waals surface area contributed by atoms with Crippen LogP contribution in [-0.2, 0) is 16.1 Å². The van der Waals surface area contributed by atoms with Crippen molar-refractivity contribution in [2.75, 3.05) is 19.7 Å². The van der Waals surface area contributed by atoms with Gasteiger partial charge in [0.25, 0.3) is 0 Å². The molecule has 0 aliphatic carbocycles. The zero-order valence-electron chi connectivity index (χ0n) is 15.8. The number of amides is 3. The summed E-state index contributed by atoms with van der Waals surface area (Å²) in [7, 11) is 0. The van der Waals surface area contributed by atoms with E-state index < -0.39 is 36.3 Å². The summed E-state index contributed by atoms with van der Waals surface area (Å²) in [5.41, 5.74) is 0.0889. The third-order valence-corrected chi connectivity index (χ3v) is 3.36. The maximum Gasteiger partial charge on any atom is 0.408 e. The highest BCUT2D eigenvalue weighted by Crippen LogP contribution is 2.07. The number of rotatable bonds is 8. The van der Waals surface area contributed by atoms with E-state index in [1.54, 1.807) is 32.9 Å². The number of aliphatic hydroxyl groups excluding tert-OH is 1. The fraction of sp³-hybridized carbons (Fsp3) is 0.500. The van der Waals surface area contributed by atoms with Gasteiger partial charge in [-0.2, -0.15) is 0 Å². The fourth-order valence-electron chi connectivity index (χ4n) is 2.13. The summed E-state index contributed by atoms with van der Waals surface area (Å²) in [6.07, 6.45) is -1.94. The molecule has 0 unspecified atom stereocenters. The van der Waals surface area contributed by atoms with Crippen molar-refractivity contribution in [1.82, 2.24) is 15.5 Å². The topological polar surface area (TPSA) is 128 Å². The van der Waals surface area contributed by atoms with E-state index in [4.69, 9.17) is 4.74 Å². The predicted octanol–water partition coefficient (Wildman–Crippen LogP) is 1.17. The highest BCUT2D eigenvalue weighted by molar-refractivity contribution is 5.85. The standard InChI is InChI=1S/C18H27N3O6/c1-18(2,3)27-16(24)20-14(12-22)15(23)19-9-10-21(17(25)26)11-13-7-5-4-6-8-13/h4-8,14,22H,9-12H2,1-3H3,(H,19,23)(H,20,24)(H,25,26)/t14-/m0/s1. The van der Waals surface area contributed by atoms with Gasteiger partial charge in [0, 0.05) is 19.6 Å². The van der Waals surface area contributed by atoms with Crippen LogP contribution in [0.4, 0.5) is 9.59 Å². The Bertz CT molecular complexity index is 630. The number of hydrogen-bond acceptors (Lipinski definition) is 5. The number of alkyl carbamates (subject to hydrolysis) is 1. The van der Waals surface area contributed by atoms with E-state index in [0.717, 1.165) is 10.5 Å². The maximum absolute atomic E-state index is 12.1. The van der Waals surface area contributed by atoms with Crippen LogP contribution in [0.15, 0.2) is 30.3 Å². The molecule has 4 N–H and O–H groups in total. The van der Waals surface area contributed by atoms with E-state index >= 15 is 0 Å². The van der Waals surface area contributed by atoms with Crippen molar-refractivity contribution >= 4 is 18.1 Å². The zero-order chi connectivity index (χ0) is 20.4. The van der Waals surface area contributed by atoms with Crippen LogP contribution in [0.2, 0.25) is 0 Å². The second-order valence-corrected chi connectivity index (χ2v) is 6.86. The van der Waals surface area contributed by atoms with Crippen molar-refractivity contribution in [2.45, 2.75) is 39.0 Å². The molecule has 0 radical (unpaired) electrons. The molecule has 0 aromatic heterocycles. The first-order chi connectivity index (χ1) is 12.6. The SMILES string of the molecule is CC(C)(C)OC(=O)N[C@@H](CO)C(=O)NCCN(Cc1ccccc1)C(=O)O. The summed E-state index contributed by atoms with van der Waals surface area (Å²) in [6, 6.07) is 7.88. The summed E-state index contributed by atoms with van der Waals surface area (Å²) in [5, 5.41) is 23.4. The lowest BCUT2D eigenvalue weighted by Crippen LogP contribution is -2.51. The van der Waals surface area contributed by atoms with Crippen LogP contribution in [-0.4, -0.2) is 64.5 Å². The fourth-order valence-corrected chi connectivity index (χ4v) is 2.13. The Balaban J connectivity index is 2.50. The summed E-state index contributed by atoms with van der Waals surface area (Å²) in [6.45, 7) is 4.68. The average Bonchev–Trinajstić information content (AvgIpc) is 2.57. The van der Waals surface area contributed by atoms with Crippen molar-refractivity contribution in [3.63, 3.8) is 0 Å². The van der Waals surface area contributed by atoms with Crippen LogP contribution >= 0.6 is 0 Å². The first-order valence-electron chi connectivity index (χ1n) is 8.52. The lowest BCUT2D eigenvalue weighted by Gasteiger charge is -2.23. The number of ether oxygens (including phenoxy) is 1. The highest BCUT2D eigenvalue weighted by atomic mass is 16.6. The summed E-state index contributed by atoms with van der Waals surface area (Å²) in [4.78, 5) is 36.3. The van der Waals surface area contributed by atoms with Crippen LogP contribution < -0.4 is 10.6 Å². The molecule has 0 spiro atoms. The van der Waals surface area contributed by atoms with E-state index in [9.17, 15) is 24.6 Å². The molecule has 1 aromatic carbocycles. The Labute approximate surface area is 158 Å². The molecule has 3 amide bonds. The van der Waals surface area contributed by atoms with E-state index in [1.165, 1.54) is 0 Å². The van der Waals surface area contributed by atoms with Crippen molar-refractivity contribution < 1.29 is 29.3 Å². The Kier molecular flexibility index (Phi) is 8.53. The molecule has 27 heavy (non-hydrogen) atoms. The second kappa shape index (κ2) is 10.4. The zero-order valence-corrected chi connectivity index (χ0v) is 15.8. The highest BCUT2D eigenvalue weighted by Gasteiger charge is 2.23. The van der Waals surface area contributed by atoms with Crippen molar-refractivity contribution in [3.05, 3.63) is 35.9 Å². The van der Waals surface area contributed by atoms with Crippen molar-refractivity contribution in [1.29, 1.82) is 0 Å². The molecule has 0 aliphatic heterocycles. The quantitative estimate of drug-likeness (QED) is 0.535. The van der Waals surface area contributed by atoms with Gasteiger partial charge >= 0.3 is 12.2 Å². The number of carbonyl (C=O) groups excluding carboxylic acids is 2. The number of hydrogen-bond donors (Lipinski definition) is 4. The van der Waals surface area contributed by atoms with Crippen LogP contribution in [0, 0.1) is 0 Å². The third-order valence-electron chi connectivity index (χ3n) is 3.36. The molecule has 1 aromatic rings. The van der Waals surface area contributed by atoms with Gasteiger partial charge < -0.3 is 30.5 Å². The van der Waals surface area contributed by atoms with E-state index in [2.05, 4.69) is 10.6 Å². The Morgan fingerprint density at radius 3 is 2.33 bits per heavy atom. The summed E-state index contributed by atoms with van der Waals surface area (Å²) < 4.78 is 5.03. The Morgan fingerprint density at radius 1 is 1.19 bits per heavy atom. The number of carboxylic acid groups (broad SMARTS) is 1. The van der Waals surface area contributed by atoms with Gasteiger partial charge in [-0.15, -0.1) is 0 Å². The number of nitrogens with zero attached hydrogens (tertiary/aromatic N) is 1. The van der Waals surface area contributed by atoms with Gasteiger partial charge in [0.15, 0.2) is 0 Å². The molecular formula is C18H27N3O6. The minimum absolute atomic E-state index is 0.0322.